The number of aromatic nitrogens is 3. The van der Waals surface area contributed by atoms with Crippen LogP contribution in [0, 0.1) is 11.8 Å². The molecule has 0 aromatic carbocycles. The van der Waals surface area contributed by atoms with Crippen molar-refractivity contribution < 1.29 is 22.7 Å². The van der Waals surface area contributed by atoms with Crippen molar-refractivity contribution in [2.45, 2.75) is 44.2 Å². The molecule has 0 aliphatic carbocycles. The first-order valence-electron chi connectivity index (χ1n) is 6.75. The van der Waals surface area contributed by atoms with Gasteiger partial charge in [0.05, 0.1) is 30.1 Å². The number of fused-ring (bicyclic) bond motifs is 2. The molecular formula is C12H15F3N4O2. The molecular weight excluding hydrogens is 289 g/mol. The Hall–Kier alpha value is -1.64. The van der Waals surface area contributed by atoms with Crippen molar-refractivity contribution in [1.82, 2.24) is 20.5 Å². The van der Waals surface area contributed by atoms with Gasteiger partial charge in [0, 0.05) is 0 Å². The quantitative estimate of drug-likeness (QED) is 0.883. The monoisotopic (exact) mass is 304 g/mol. The number of hydrogen-bond donors (Lipinski definition) is 2. The highest BCUT2D eigenvalue weighted by atomic mass is 19.4. The number of ether oxygens (including phenoxy) is 1. The largest absolute Gasteiger partial charge is 0.395 e. The van der Waals surface area contributed by atoms with Crippen LogP contribution in [0.15, 0.2) is 6.33 Å². The number of alkyl halides is 3. The molecule has 2 aliphatic heterocycles. The summed E-state index contributed by atoms with van der Waals surface area (Å²) in [6.45, 7) is 1.63. The molecule has 2 aliphatic rings. The van der Waals surface area contributed by atoms with E-state index in [0.29, 0.717) is 18.7 Å². The summed E-state index contributed by atoms with van der Waals surface area (Å²) in [5.41, 5.74) is 0. The summed E-state index contributed by atoms with van der Waals surface area (Å²) in [5.74, 6) is -3.16. The minimum atomic E-state index is -4.43. The molecule has 2 fully saturated rings. The lowest BCUT2D eigenvalue weighted by atomic mass is 9.78. The molecule has 2 N–H and O–H groups in total. The van der Waals surface area contributed by atoms with Crippen LogP contribution in [0.2, 0.25) is 0 Å². The molecule has 3 heterocycles. The zero-order valence-electron chi connectivity index (χ0n) is 11.2. The average molecular weight is 304 g/mol. The van der Waals surface area contributed by atoms with E-state index >= 15 is 0 Å². The first-order valence-corrected chi connectivity index (χ1v) is 6.75. The van der Waals surface area contributed by atoms with Crippen LogP contribution in [0.4, 0.5) is 13.2 Å². The van der Waals surface area contributed by atoms with E-state index in [1.165, 1.54) is 6.33 Å². The number of aromatic amines is 1. The van der Waals surface area contributed by atoms with Crippen molar-refractivity contribution >= 4 is 5.91 Å². The number of rotatable bonds is 3. The number of carbonyl (C=O) groups is 1. The van der Waals surface area contributed by atoms with E-state index in [9.17, 15) is 18.0 Å². The smallest absolute Gasteiger partial charge is 0.373 e. The second kappa shape index (κ2) is 4.97. The Morgan fingerprint density at radius 1 is 1.48 bits per heavy atom. The molecule has 5 unspecified atom stereocenters. The molecule has 0 saturated carbocycles. The predicted molar refractivity (Wildman–Crippen MR) is 63.9 cm³/mol. The first-order chi connectivity index (χ1) is 9.88. The van der Waals surface area contributed by atoms with Crippen LogP contribution >= 0.6 is 0 Å². The number of H-pyrrole nitrogens is 1. The van der Waals surface area contributed by atoms with Crippen LogP contribution in [-0.4, -0.2) is 39.5 Å². The third-order valence-corrected chi connectivity index (χ3v) is 4.16. The van der Waals surface area contributed by atoms with Crippen molar-refractivity contribution in [3.8, 4) is 0 Å². The second-order valence-electron chi connectivity index (χ2n) is 5.48. The van der Waals surface area contributed by atoms with Crippen LogP contribution in [0.5, 0.6) is 0 Å². The van der Waals surface area contributed by atoms with Gasteiger partial charge in [-0.05, 0) is 19.8 Å². The normalized spacial score (nSPS) is 33.1. The Kier molecular flexibility index (Phi) is 3.39. The third kappa shape index (κ3) is 2.50. The number of amides is 1. The van der Waals surface area contributed by atoms with Gasteiger partial charge in [-0.1, -0.05) is 0 Å². The summed E-state index contributed by atoms with van der Waals surface area (Å²) in [7, 11) is 0. The van der Waals surface area contributed by atoms with Crippen molar-refractivity contribution in [2.24, 2.45) is 11.8 Å². The van der Waals surface area contributed by atoms with E-state index in [1.807, 2.05) is 0 Å². The van der Waals surface area contributed by atoms with Crippen LogP contribution in [-0.2, 0) is 9.53 Å². The average Bonchev–Trinajstić information content (AvgIpc) is 3.12. The number of hydrogen-bond acceptors (Lipinski definition) is 4. The van der Waals surface area contributed by atoms with Crippen LogP contribution in [0.1, 0.15) is 31.6 Å². The van der Waals surface area contributed by atoms with E-state index in [4.69, 9.17) is 4.74 Å². The molecule has 21 heavy (non-hydrogen) atoms. The minimum Gasteiger partial charge on any atom is -0.373 e. The summed E-state index contributed by atoms with van der Waals surface area (Å²) in [5, 5.41) is 8.79. The van der Waals surface area contributed by atoms with Gasteiger partial charge >= 0.3 is 6.18 Å². The molecule has 5 atom stereocenters. The summed E-state index contributed by atoms with van der Waals surface area (Å²) < 4.78 is 44.8. The molecule has 1 amide bonds. The maximum atomic E-state index is 13.2. The zero-order valence-corrected chi connectivity index (χ0v) is 11.2. The first kappa shape index (κ1) is 14.3. The van der Waals surface area contributed by atoms with Gasteiger partial charge in [0.1, 0.15) is 12.2 Å². The van der Waals surface area contributed by atoms with Crippen LogP contribution in [0.3, 0.4) is 0 Å². The summed E-state index contributed by atoms with van der Waals surface area (Å²) >= 11 is 0. The molecule has 3 rings (SSSR count). The highest BCUT2D eigenvalue weighted by Crippen LogP contribution is 2.50. The van der Waals surface area contributed by atoms with E-state index in [1.54, 1.807) is 6.92 Å². The molecule has 2 saturated heterocycles. The van der Waals surface area contributed by atoms with Crippen LogP contribution in [0.25, 0.3) is 0 Å². The third-order valence-electron chi connectivity index (χ3n) is 4.16. The number of halogens is 3. The standard InChI is InChI=1S/C12H15F3N4O2/c1-5(10-16-4-17-19-10)18-11(20)8-6-2-3-7(21-6)9(8)12(13,14)15/h4-9H,2-3H2,1H3,(H,18,20)(H,16,17,19). The fraction of sp³-hybridized carbons (Fsp3) is 0.750. The van der Waals surface area contributed by atoms with Gasteiger partial charge in [0.15, 0.2) is 0 Å². The maximum Gasteiger partial charge on any atom is 0.395 e. The van der Waals surface area contributed by atoms with Crippen LogP contribution < -0.4 is 5.32 Å². The van der Waals surface area contributed by atoms with E-state index in [2.05, 4.69) is 20.5 Å². The SMILES string of the molecule is CC(NC(=O)C1C2CCC(O2)C1C(F)(F)F)c1ncn[nH]1. The summed E-state index contributed by atoms with van der Waals surface area (Å²) in [4.78, 5) is 16.1. The molecule has 2 bridgehead atoms. The summed E-state index contributed by atoms with van der Waals surface area (Å²) in [6.07, 6.45) is -3.86. The molecule has 1 aromatic heterocycles. The van der Waals surface area contributed by atoms with Crippen molar-refractivity contribution in [3.05, 3.63) is 12.2 Å². The lowest BCUT2D eigenvalue weighted by Crippen LogP contribution is -2.47. The lowest BCUT2D eigenvalue weighted by Gasteiger charge is -2.29. The van der Waals surface area contributed by atoms with E-state index in [-0.39, 0.29) is 0 Å². The van der Waals surface area contributed by atoms with Gasteiger partial charge in [-0.15, -0.1) is 0 Å². The fourth-order valence-corrected chi connectivity index (χ4v) is 3.23. The van der Waals surface area contributed by atoms with E-state index in [0.717, 1.165) is 0 Å². The molecule has 116 valence electrons. The molecule has 9 heteroatoms. The van der Waals surface area contributed by atoms with E-state index < -0.39 is 42.2 Å². The van der Waals surface area contributed by atoms with Crippen molar-refractivity contribution in [1.29, 1.82) is 0 Å². The zero-order chi connectivity index (χ0) is 15.2. The Labute approximate surface area is 118 Å². The minimum absolute atomic E-state index is 0.357. The Morgan fingerprint density at radius 3 is 2.81 bits per heavy atom. The number of nitrogens with one attached hydrogen (secondary N) is 2. The van der Waals surface area contributed by atoms with Gasteiger partial charge in [-0.3, -0.25) is 9.89 Å². The molecule has 6 nitrogen and oxygen atoms in total. The highest BCUT2D eigenvalue weighted by Gasteiger charge is 2.62. The Bertz CT molecular complexity index is 519. The molecule has 0 spiro atoms. The van der Waals surface area contributed by atoms with Gasteiger partial charge < -0.3 is 10.1 Å². The highest BCUT2D eigenvalue weighted by molar-refractivity contribution is 5.80. The Morgan fingerprint density at radius 2 is 2.19 bits per heavy atom. The molecule has 0 radical (unpaired) electrons. The lowest BCUT2D eigenvalue weighted by molar-refractivity contribution is -0.197. The van der Waals surface area contributed by atoms with Gasteiger partial charge in [0.25, 0.3) is 0 Å². The fourth-order valence-electron chi connectivity index (χ4n) is 3.23. The second-order valence-corrected chi connectivity index (χ2v) is 5.48. The number of nitrogens with zero attached hydrogens (tertiary/aromatic N) is 2. The van der Waals surface area contributed by atoms with Crippen molar-refractivity contribution in [3.63, 3.8) is 0 Å². The van der Waals surface area contributed by atoms with Gasteiger partial charge in [0.2, 0.25) is 5.91 Å². The predicted octanol–water partition coefficient (Wildman–Crippen LogP) is 1.34. The maximum absolute atomic E-state index is 13.2. The summed E-state index contributed by atoms with van der Waals surface area (Å²) in [6, 6.07) is -0.534. The molecule has 1 aromatic rings. The number of carbonyl (C=O) groups excluding carboxylic acids is 1. The Balaban J connectivity index is 1.74. The van der Waals surface area contributed by atoms with Gasteiger partial charge in [-0.25, -0.2) is 4.98 Å². The van der Waals surface area contributed by atoms with Crippen molar-refractivity contribution in [2.75, 3.05) is 0 Å². The van der Waals surface area contributed by atoms with Gasteiger partial charge in [-0.2, -0.15) is 18.3 Å². The topological polar surface area (TPSA) is 79.9 Å².